The van der Waals surface area contributed by atoms with E-state index in [0.717, 1.165) is 12.1 Å². The van der Waals surface area contributed by atoms with Gasteiger partial charge in [0.15, 0.2) is 0 Å². The van der Waals surface area contributed by atoms with Gasteiger partial charge in [-0.1, -0.05) is 18.2 Å². The summed E-state index contributed by atoms with van der Waals surface area (Å²) in [4.78, 5) is 18.3. The van der Waals surface area contributed by atoms with Crippen LogP contribution in [0.1, 0.15) is 22.8 Å². The highest BCUT2D eigenvalue weighted by molar-refractivity contribution is 6.07. The number of carbonyl (C=O) groups is 1. The van der Waals surface area contributed by atoms with Gasteiger partial charge in [-0.15, -0.1) is 0 Å². The molecule has 3 nitrogen and oxygen atoms in total. The number of anilines is 1. The molecule has 0 saturated heterocycles. The number of fused-ring (bicyclic) bond motifs is 1. The Hall–Kier alpha value is -2.16. The molecule has 90 valence electrons. The van der Waals surface area contributed by atoms with E-state index in [0.29, 0.717) is 5.56 Å². The van der Waals surface area contributed by atoms with Crippen molar-refractivity contribution < 1.29 is 4.79 Å². The first-order valence-electron chi connectivity index (χ1n) is 6.09. The molecule has 1 amide bonds. The molecule has 1 aliphatic heterocycles. The minimum Gasteiger partial charge on any atom is -0.305 e. The lowest BCUT2D eigenvalue weighted by Gasteiger charge is -2.22. The van der Waals surface area contributed by atoms with Crippen molar-refractivity contribution in [2.24, 2.45) is 0 Å². The minimum absolute atomic E-state index is 0.0508. The second kappa shape index (κ2) is 4.26. The molecule has 0 radical (unpaired) electrons. The number of pyridine rings is 1. The maximum atomic E-state index is 12.5. The first kappa shape index (κ1) is 11.0. The molecule has 0 bridgehead atoms. The second-order valence-electron chi connectivity index (χ2n) is 4.59. The third-order valence-corrected chi connectivity index (χ3v) is 3.35. The molecule has 0 aliphatic carbocycles. The van der Waals surface area contributed by atoms with Crippen molar-refractivity contribution in [3.63, 3.8) is 0 Å². The molecule has 1 aliphatic rings. The van der Waals surface area contributed by atoms with E-state index in [4.69, 9.17) is 0 Å². The Morgan fingerprint density at radius 2 is 1.94 bits per heavy atom. The zero-order chi connectivity index (χ0) is 12.5. The molecular formula is C15H14N2O. The first-order chi connectivity index (χ1) is 8.77. The van der Waals surface area contributed by atoms with Crippen LogP contribution >= 0.6 is 0 Å². The lowest BCUT2D eigenvalue weighted by Crippen LogP contribution is -2.35. The normalized spacial score (nSPS) is 17.6. The van der Waals surface area contributed by atoms with Crippen molar-refractivity contribution in [1.82, 2.24) is 4.98 Å². The van der Waals surface area contributed by atoms with Gasteiger partial charge >= 0.3 is 0 Å². The molecular weight excluding hydrogens is 224 g/mol. The summed E-state index contributed by atoms with van der Waals surface area (Å²) in [5.41, 5.74) is 2.97. The van der Waals surface area contributed by atoms with Crippen molar-refractivity contribution in [1.29, 1.82) is 0 Å². The van der Waals surface area contributed by atoms with Crippen molar-refractivity contribution in [3.05, 3.63) is 59.9 Å². The van der Waals surface area contributed by atoms with Gasteiger partial charge in [0.1, 0.15) is 0 Å². The molecule has 1 aromatic carbocycles. The predicted octanol–water partition coefficient (Wildman–Crippen LogP) is 2.67. The number of nitrogens with zero attached hydrogens (tertiary/aromatic N) is 2. The van der Waals surface area contributed by atoms with Crippen molar-refractivity contribution >= 4 is 11.6 Å². The number of aromatic nitrogens is 1. The Morgan fingerprint density at radius 1 is 1.22 bits per heavy atom. The highest BCUT2D eigenvalue weighted by Crippen LogP contribution is 2.32. The molecule has 3 heteroatoms. The molecule has 0 spiro atoms. The third-order valence-electron chi connectivity index (χ3n) is 3.35. The number of hydrogen-bond donors (Lipinski definition) is 0. The largest absolute Gasteiger partial charge is 0.305 e. The molecule has 1 aromatic heterocycles. The topological polar surface area (TPSA) is 33.2 Å². The van der Waals surface area contributed by atoms with E-state index in [1.54, 1.807) is 24.5 Å². The summed E-state index contributed by atoms with van der Waals surface area (Å²) in [6.45, 7) is 2.08. The van der Waals surface area contributed by atoms with Crippen LogP contribution in [0.25, 0.3) is 0 Å². The van der Waals surface area contributed by atoms with E-state index in [2.05, 4.69) is 18.0 Å². The average molecular weight is 238 g/mol. The fraction of sp³-hybridized carbons (Fsp3) is 0.200. The van der Waals surface area contributed by atoms with E-state index in [-0.39, 0.29) is 11.9 Å². The SMILES string of the molecule is C[C@@H]1Cc2ccccc2N1C(=O)c1ccncc1. The number of rotatable bonds is 1. The van der Waals surface area contributed by atoms with Crippen molar-refractivity contribution in [2.75, 3.05) is 4.90 Å². The highest BCUT2D eigenvalue weighted by atomic mass is 16.2. The van der Waals surface area contributed by atoms with Crippen LogP contribution in [-0.2, 0) is 6.42 Å². The standard InChI is InChI=1S/C15H14N2O/c1-11-10-13-4-2-3-5-14(13)17(11)15(18)12-6-8-16-9-7-12/h2-9,11H,10H2,1H3/t11-/m1/s1. The molecule has 0 saturated carbocycles. The summed E-state index contributed by atoms with van der Waals surface area (Å²) in [5, 5.41) is 0. The van der Waals surface area contributed by atoms with E-state index < -0.39 is 0 Å². The summed E-state index contributed by atoms with van der Waals surface area (Å²) >= 11 is 0. The Kier molecular flexibility index (Phi) is 2.59. The van der Waals surface area contributed by atoms with Gasteiger partial charge in [0, 0.05) is 29.7 Å². The predicted molar refractivity (Wildman–Crippen MR) is 70.7 cm³/mol. The lowest BCUT2D eigenvalue weighted by atomic mass is 10.1. The summed E-state index contributed by atoms with van der Waals surface area (Å²) in [5.74, 6) is 0.0508. The number of amides is 1. The van der Waals surface area contributed by atoms with Gasteiger partial charge in [0.05, 0.1) is 0 Å². The lowest BCUT2D eigenvalue weighted by molar-refractivity contribution is 0.0981. The molecule has 0 unspecified atom stereocenters. The molecule has 18 heavy (non-hydrogen) atoms. The monoisotopic (exact) mass is 238 g/mol. The zero-order valence-electron chi connectivity index (χ0n) is 10.2. The van der Waals surface area contributed by atoms with Crippen LogP contribution in [0.4, 0.5) is 5.69 Å². The van der Waals surface area contributed by atoms with E-state index >= 15 is 0 Å². The maximum absolute atomic E-state index is 12.5. The maximum Gasteiger partial charge on any atom is 0.258 e. The van der Waals surface area contributed by atoms with E-state index in [1.807, 2.05) is 23.1 Å². The smallest absolute Gasteiger partial charge is 0.258 e. The van der Waals surface area contributed by atoms with Gasteiger partial charge in [-0.05, 0) is 37.1 Å². The number of carbonyl (C=O) groups excluding carboxylic acids is 1. The minimum atomic E-state index is 0.0508. The van der Waals surface area contributed by atoms with Crippen LogP contribution in [0.15, 0.2) is 48.8 Å². The van der Waals surface area contributed by atoms with Gasteiger partial charge in [0.2, 0.25) is 0 Å². The van der Waals surface area contributed by atoms with Crippen molar-refractivity contribution in [3.8, 4) is 0 Å². The Bertz CT molecular complexity index is 580. The summed E-state index contributed by atoms with van der Waals surface area (Å²) < 4.78 is 0. The fourth-order valence-corrected chi connectivity index (χ4v) is 2.51. The molecule has 2 aromatic rings. The van der Waals surface area contributed by atoms with Crippen LogP contribution in [0, 0.1) is 0 Å². The van der Waals surface area contributed by atoms with Crippen LogP contribution < -0.4 is 4.90 Å². The molecule has 1 atom stereocenters. The molecule has 0 N–H and O–H groups in total. The first-order valence-corrected chi connectivity index (χ1v) is 6.09. The summed E-state index contributed by atoms with van der Waals surface area (Å²) in [6.07, 6.45) is 4.23. The van der Waals surface area contributed by atoms with Crippen LogP contribution in [0.5, 0.6) is 0 Å². The third kappa shape index (κ3) is 1.68. The molecule has 0 fully saturated rings. The van der Waals surface area contributed by atoms with E-state index in [1.165, 1.54) is 5.56 Å². The Morgan fingerprint density at radius 3 is 2.72 bits per heavy atom. The molecule has 3 rings (SSSR count). The van der Waals surface area contributed by atoms with Crippen LogP contribution in [-0.4, -0.2) is 16.9 Å². The van der Waals surface area contributed by atoms with E-state index in [9.17, 15) is 4.79 Å². The quantitative estimate of drug-likeness (QED) is 0.765. The van der Waals surface area contributed by atoms with Crippen molar-refractivity contribution in [2.45, 2.75) is 19.4 Å². The number of benzene rings is 1. The zero-order valence-corrected chi connectivity index (χ0v) is 10.2. The van der Waals surface area contributed by atoms with Gasteiger partial charge in [-0.3, -0.25) is 9.78 Å². The van der Waals surface area contributed by atoms with Crippen LogP contribution in [0.3, 0.4) is 0 Å². The van der Waals surface area contributed by atoms with Gasteiger partial charge in [0.25, 0.3) is 5.91 Å². The fourth-order valence-electron chi connectivity index (χ4n) is 2.51. The summed E-state index contributed by atoms with van der Waals surface area (Å²) in [7, 11) is 0. The molecule has 2 heterocycles. The highest BCUT2D eigenvalue weighted by Gasteiger charge is 2.30. The van der Waals surface area contributed by atoms with Gasteiger partial charge in [-0.2, -0.15) is 0 Å². The van der Waals surface area contributed by atoms with Gasteiger partial charge < -0.3 is 4.90 Å². The Balaban J connectivity index is 2.00. The number of hydrogen-bond acceptors (Lipinski definition) is 2. The second-order valence-corrected chi connectivity index (χ2v) is 4.59. The average Bonchev–Trinajstić information content (AvgIpc) is 2.75. The van der Waals surface area contributed by atoms with Crippen LogP contribution in [0.2, 0.25) is 0 Å². The summed E-state index contributed by atoms with van der Waals surface area (Å²) in [6, 6.07) is 11.8. The Labute approximate surface area is 106 Å². The number of para-hydroxylation sites is 1. The van der Waals surface area contributed by atoms with Gasteiger partial charge in [-0.25, -0.2) is 0 Å².